The normalized spacial score (nSPS) is 31.9. The minimum atomic E-state index is -0.660. The Morgan fingerprint density at radius 2 is 1.15 bits per heavy atom. The topological polar surface area (TPSA) is 166 Å². The number of allylic oxidation sites excluding steroid dienone is 3. The average Bonchev–Trinajstić information content (AvgIpc) is 3.61. The van der Waals surface area contributed by atoms with E-state index in [-0.39, 0.29) is 37.3 Å². The molecule has 1 saturated carbocycles. The molecule has 0 radical (unpaired) electrons. The predicted octanol–water partition coefficient (Wildman–Crippen LogP) is 4.29. The van der Waals surface area contributed by atoms with Gasteiger partial charge in [-0.3, -0.25) is 19.2 Å². The first-order valence-corrected chi connectivity index (χ1v) is 18.5. The van der Waals surface area contributed by atoms with Gasteiger partial charge in [0, 0.05) is 76.3 Å². The first kappa shape index (κ1) is 40.6. The number of hydrogen-bond donors (Lipinski definition) is 0. The molecule has 15 nitrogen and oxygen atoms in total. The second-order valence-corrected chi connectivity index (χ2v) is 14.3. The molecule has 1 aliphatic carbocycles. The van der Waals surface area contributed by atoms with Crippen LogP contribution in [0.5, 0.6) is 0 Å². The maximum absolute atomic E-state index is 13.3. The van der Waals surface area contributed by atoms with Gasteiger partial charge in [-0.1, -0.05) is 32.6 Å². The van der Waals surface area contributed by atoms with Crippen LogP contribution in [0.15, 0.2) is 60.4 Å². The maximum Gasteiger partial charge on any atom is 0.336 e. The Bertz CT molecular complexity index is 1560. The second kappa shape index (κ2) is 18.1. The summed E-state index contributed by atoms with van der Waals surface area (Å²) in [4.78, 5) is 63.5. The molecule has 0 aromatic rings. The number of rotatable bonds is 13. The molecule has 296 valence electrons. The van der Waals surface area contributed by atoms with E-state index in [1.54, 1.807) is 11.1 Å². The Morgan fingerprint density at radius 1 is 0.648 bits per heavy atom. The van der Waals surface area contributed by atoms with Crippen molar-refractivity contribution in [3.8, 4) is 0 Å². The van der Waals surface area contributed by atoms with E-state index in [1.807, 2.05) is 49.5 Å². The quantitative estimate of drug-likeness (QED) is 0.148. The minimum Gasteiger partial charge on any atom is -0.491 e. The number of ether oxygens (including phenoxy) is 8. The van der Waals surface area contributed by atoms with Crippen LogP contribution in [-0.4, -0.2) is 102 Å². The predicted molar refractivity (Wildman–Crippen MR) is 190 cm³/mol. The van der Waals surface area contributed by atoms with E-state index in [2.05, 4.69) is 6.58 Å². The van der Waals surface area contributed by atoms with Gasteiger partial charge in [-0.15, -0.1) is 0 Å². The summed E-state index contributed by atoms with van der Waals surface area (Å²) in [6.45, 7) is 13.3. The van der Waals surface area contributed by atoms with E-state index in [9.17, 15) is 24.0 Å². The third-order valence-electron chi connectivity index (χ3n) is 10.1. The van der Waals surface area contributed by atoms with E-state index in [0.717, 1.165) is 5.57 Å². The maximum atomic E-state index is 13.3. The van der Waals surface area contributed by atoms with E-state index in [0.29, 0.717) is 49.9 Å². The van der Waals surface area contributed by atoms with Crippen molar-refractivity contribution in [2.75, 3.05) is 13.2 Å². The molecule has 0 N–H and O–H groups in total. The van der Waals surface area contributed by atoms with Crippen molar-refractivity contribution in [3.63, 3.8) is 0 Å². The zero-order valence-corrected chi connectivity index (χ0v) is 31.8. The highest BCUT2D eigenvalue weighted by Gasteiger charge is 2.48. The van der Waals surface area contributed by atoms with Crippen molar-refractivity contribution < 1.29 is 61.9 Å². The molecule has 0 unspecified atom stereocenters. The Morgan fingerprint density at radius 3 is 1.74 bits per heavy atom. The summed E-state index contributed by atoms with van der Waals surface area (Å²) in [5.74, 6) is -2.19. The summed E-state index contributed by atoms with van der Waals surface area (Å²) in [6.07, 6.45) is 10.6. The van der Waals surface area contributed by atoms with Crippen LogP contribution >= 0.6 is 0 Å². The summed E-state index contributed by atoms with van der Waals surface area (Å²) >= 11 is 0. The average molecular weight is 757 g/mol. The van der Waals surface area contributed by atoms with Crippen molar-refractivity contribution >= 4 is 29.8 Å². The number of esters is 5. The van der Waals surface area contributed by atoms with Gasteiger partial charge >= 0.3 is 29.8 Å². The van der Waals surface area contributed by atoms with Crippen LogP contribution in [0, 0.1) is 11.8 Å². The highest BCUT2D eigenvalue weighted by atomic mass is 16.6. The number of nitrogens with zero attached hydrogens (tertiary/aromatic N) is 2. The van der Waals surface area contributed by atoms with E-state index < -0.39 is 66.7 Å². The summed E-state index contributed by atoms with van der Waals surface area (Å²) in [5.41, 5.74) is 1.30. The lowest BCUT2D eigenvalue weighted by Gasteiger charge is -2.33. The van der Waals surface area contributed by atoms with Gasteiger partial charge in [-0.25, -0.2) is 4.79 Å². The molecule has 2 saturated heterocycles. The lowest BCUT2D eigenvalue weighted by atomic mass is 9.94. The molecule has 15 heteroatoms. The summed E-state index contributed by atoms with van der Waals surface area (Å²) < 4.78 is 46.2. The molecule has 5 aliphatic rings. The standard InChI is InChI=1S/C39H52N2O13/c1-22-33(20-47-25(4)42)53-38(36(22)51-28(7)45)41-17-8-10-29(18-41)24(3)49-31-12-14-32(15-13-31)52-39(46)30-11-9-16-40(19-30)37-23(2)35(50-27(6)44)34(54-37)21-48-26(5)43/h8-9,16-19,22-23,31-38H,3,10-15,20-21H2,1-2,4-7H3/t22-,23-,31?,32?,33-,34-,35+,36-,37-,38-/m1/s1. The molecule has 0 aromatic carbocycles. The van der Waals surface area contributed by atoms with Crippen molar-refractivity contribution in [2.45, 2.75) is 129 Å². The van der Waals surface area contributed by atoms with E-state index in [1.165, 1.54) is 27.7 Å². The van der Waals surface area contributed by atoms with Crippen LogP contribution in [0.4, 0.5) is 0 Å². The van der Waals surface area contributed by atoms with Gasteiger partial charge in [-0.2, -0.15) is 0 Å². The minimum absolute atomic E-state index is 0.0501. The van der Waals surface area contributed by atoms with Crippen LogP contribution in [0.25, 0.3) is 0 Å². The highest BCUT2D eigenvalue weighted by molar-refractivity contribution is 5.89. The van der Waals surface area contributed by atoms with Crippen LogP contribution in [0.3, 0.4) is 0 Å². The van der Waals surface area contributed by atoms with Gasteiger partial charge in [0.15, 0.2) is 12.3 Å². The largest absolute Gasteiger partial charge is 0.491 e. The smallest absolute Gasteiger partial charge is 0.336 e. The Kier molecular flexibility index (Phi) is 13.6. The van der Waals surface area contributed by atoms with Crippen molar-refractivity contribution in [1.82, 2.24) is 9.80 Å². The molecule has 0 amide bonds. The Balaban J connectivity index is 1.12. The number of carbonyl (C=O) groups excluding carboxylic acids is 5. The number of carbonyl (C=O) groups is 5. The zero-order valence-electron chi connectivity index (χ0n) is 31.8. The van der Waals surface area contributed by atoms with Crippen LogP contribution in [0.2, 0.25) is 0 Å². The van der Waals surface area contributed by atoms with Crippen molar-refractivity contribution in [1.29, 1.82) is 0 Å². The fraction of sp³-hybridized carbons (Fsp3) is 0.615. The molecule has 0 bridgehead atoms. The first-order valence-electron chi connectivity index (χ1n) is 18.5. The van der Waals surface area contributed by atoms with Crippen molar-refractivity contribution in [2.24, 2.45) is 11.8 Å². The number of hydrogen-bond acceptors (Lipinski definition) is 15. The molecular formula is C39H52N2O13. The first-order chi connectivity index (χ1) is 25.7. The molecule has 5 rings (SSSR count). The Hall–Kier alpha value is -4.63. The monoisotopic (exact) mass is 756 g/mol. The van der Waals surface area contributed by atoms with Gasteiger partial charge < -0.3 is 47.7 Å². The Labute approximate surface area is 315 Å². The lowest BCUT2D eigenvalue weighted by molar-refractivity contribution is -0.157. The fourth-order valence-electron chi connectivity index (χ4n) is 7.34. The van der Waals surface area contributed by atoms with Gasteiger partial charge in [0.05, 0.1) is 11.7 Å². The SMILES string of the molecule is C=C(OC1CCC(OC(=O)C2=CN([C@@H]3O[C@H](COC(C)=O)[C@@H](OC(C)=O)[C@H]3C)C=CC2)CC1)C1=CN([C@@H]2O[C@H](COC(C)=O)[C@@H](C)[C@H]2OC(C)=O)C=CC1. The van der Waals surface area contributed by atoms with Crippen LogP contribution in [0.1, 0.15) is 80.1 Å². The molecule has 8 atom stereocenters. The molecule has 4 aliphatic heterocycles. The molecule has 4 heterocycles. The summed E-state index contributed by atoms with van der Waals surface area (Å²) in [7, 11) is 0. The summed E-state index contributed by atoms with van der Waals surface area (Å²) in [6, 6.07) is 0. The fourth-order valence-corrected chi connectivity index (χ4v) is 7.34. The van der Waals surface area contributed by atoms with Gasteiger partial charge in [0.1, 0.15) is 49.6 Å². The molecule has 3 fully saturated rings. The van der Waals surface area contributed by atoms with Gasteiger partial charge in [-0.05, 0) is 32.1 Å². The zero-order chi connectivity index (χ0) is 39.1. The highest BCUT2D eigenvalue weighted by Crippen LogP contribution is 2.37. The second-order valence-electron chi connectivity index (χ2n) is 14.3. The molecule has 0 spiro atoms. The third-order valence-corrected chi connectivity index (χ3v) is 10.1. The molecule has 54 heavy (non-hydrogen) atoms. The lowest BCUT2D eigenvalue weighted by Crippen LogP contribution is -2.40. The third kappa shape index (κ3) is 10.3. The van der Waals surface area contributed by atoms with Crippen molar-refractivity contribution in [3.05, 3.63) is 60.4 Å². The van der Waals surface area contributed by atoms with Crippen LogP contribution < -0.4 is 0 Å². The summed E-state index contributed by atoms with van der Waals surface area (Å²) in [5, 5.41) is 0. The van der Waals surface area contributed by atoms with Gasteiger partial charge in [0.25, 0.3) is 0 Å². The van der Waals surface area contributed by atoms with Crippen LogP contribution in [-0.2, 0) is 61.9 Å². The van der Waals surface area contributed by atoms with Gasteiger partial charge in [0.2, 0.25) is 0 Å². The molecule has 0 aromatic heterocycles. The van der Waals surface area contributed by atoms with E-state index >= 15 is 0 Å². The van der Waals surface area contributed by atoms with E-state index in [4.69, 9.17) is 37.9 Å². The molecular weight excluding hydrogens is 704 g/mol.